The SMILES string of the molecule is COc1ccc(-c2cccc(C)c2-c2ccc(OC)cc2)cc1. The van der Waals surface area contributed by atoms with Crippen LogP contribution < -0.4 is 9.47 Å². The van der Waals surface area contributed by atoms with Crippen LogP contribution in [0, 0.1) is 6.92 Å². The maximum Gasteiger partial charge on any atom is 0.118 e. The molecule has 3 aromatic rings. The first-order valence-electron chi connectivity index (χ1n) is 7.61. The fourth-order valence-corrected chi connectivity index (χ4v) is 2.82. The quantitative estimate of drug-likeness (QED) is 0.647. The lowest BCUT2D eigenvalue weighted by Gasteiger charge is -2.14. The molecule has 0 saturated heterocycles. The predicted molar refractivity (Wildman–Crippen MR) is 95.2 cm³/mol. The number of ether oxygens (including phenoxy) is 2. The van der Waals surface area contributed by atoms with E-state index in [1.807, 2.05) is 24.3 Å². The second-order valence-corrected chi connectivity index (χ2v) is 5.45. The van der Waals surface area contributed by atoms with Crippen molar-refractivity contribution >= 4 is 0 Å². The van der Waals surface area contributed by atoms with Gasteiger partial charge >= 0.3 is 0 Å². The predicted octanol–water partition coefficient (Wildman–Crippen LogP) is 5.35. The molecule has 0 heterocycles. The zero-order valence-corrected chi connectivity index (χ0v) is 13.7. The Kier molecular flexibility index (Phi) is 4.33. The van der Waals surface area contributed by atoms with Gasteiger partial charge in [0.2, 0.25) is 0 Å². The van der Waals surface area contributed by atoms with Crippen LogP contribution in [0.1, 0.15) is 5.56 Å². The van der Waals surface area contributed by atoms with Crippen molar-refractivity contribution in [1.82, 2.24) is 0 Å². The normalized spacial score (nSPS) is 10.4. The highest BCUT2D eigenvalue weighted by Crippen LogP contribution is 2.36. The highest BCUT2D eigenvalue weighted by atomic mass is 16.5. The molecule has 0 atom stereocenters. The van der Waals surface area contributed by atoms with Gasteiger partial charge in [-0.2, -0.15) is 0 Å². The van der Waals surface area contributed by atoms with Crippen LogP contribution in [0.3, 0.4) is 0 Å². The summed E-state index contributed by atoms with van der Waals surface area (Å²) in [4.78, 5) is 0. The minimum atomic E-state index is 0.868. The van der Waals surface area contributed by atoms with Gasteiger partial charge in [0.25, 0.3) is 0 Å². The zero-order chi connectivity index (χ0) is 16.2. The molecule has 0 saturated carbocycles. The van der Waals surface area contributed by atoms with Gasteiger partial charge in [0.15, 0.2) is 0 Å². The van der Waals surface area contributed by atoms with Gasteiger partial charge in [0, 0.05) is 0 Å². The molecule has 0 radical (unpaired) electrons. The maximum atomic E-state index is 5.26. The van der Waals surface area contributed by atoms with E-state index in [2.05, 4.69) is 49.4 Å². The Hall–Kier alpha value is -2.74. The smallest absolute Gasteiger partial charge is 0.118 e. The topological polar surface area (TPSA) is 18.5 Å². The summed E-state index contributed by atoms with van der Waals surface area (Å²) in [5.41, 5.74) is 6.09. The summed E-state index contributed by atoms with van der Waals surface area (Å²) in [5, 5.41) is 0. The summed E-state index contributed by atoms with van der Waals surface area (Å²) in [6.45, 7) is 2.15. The molecule has 3 aromatic carbocycles. The van der Waals surface area contributed by atoms with Gasteiger partial charge in [0.1, 0.15) is 11.5 Å². The molecule has 0 bridgehead atoms. The molecule has 0 spiro atoms. The molecule has 0 unspecified atom stereocenters. The molecule has 2 heteroatoms. The zero-order valence-electron chi connectivity index (χ0n) is 13.7. The summed E-state index contributed by atoms with van der Waals surface area (Å²) < 4.78 is 10.5. The van der Waals surface area contributed by atoms with Gasteiger partial charge in [-0.25, -0.2) is 0 Å². The van der Waals surface area contributed by atoms with E-state index in [1.165, 1.54) is 27.8 Å². The van der Waals surface area contributed by atoms with Crippen LogP contribution in [0.15, 0.2) is 66.7 Å². The molecular weight excluding hydrogens is 284 g/mol. The van der Waals surface area contributed by atoms with E-state index in [1.54, 1.807) is 14.2 Å². The van der Waals surface area contributed by atoms with Crippen LogP contribution in [-0.4, -0.2) is 14.2 Å². The van der Waals surface area contributed by atoms with Crippen molar-refractivity contribution in [1.29, 1.82) is 0 Å². The molecule has 116 valence electrons. The third-order valence-corrected chi connectivity index (χ3v) is 4.05. The first-order valence-corrected chi connectivity index (χ1v) is 7.61. The van der Waals surface area contributed by atoms with Crippen molar-refractivity contribution in [2.24, 2.45) is 0 Å². The summed E-state index contributed by atoms with van der Waals surface area (Å²) in [6.07, 6.45) is 0. The molecule has 0 aliphatic heterocycles. The molecule has 0 aromatic heterocycles. The molecule has 0 aliphatic carbocycles. The number of hydrogen-bond donors (Lipinski definition) is 0. The Balaban J connectivity index is 2.11. The molecule has 2 nitrogen and oxygen atoms in total. The molecule has 0 N–H and O–H groups in total. The van der Waals surface area contributed by atoms with Crippen molar-refractivity contribution in [2.75, 3.05) is 14.2 Å². The first-order chi connectivity index (χ1) is 11.2. The molecule has 3 rings (SSSR count). The van der Waals surface area contributed by atoms with Gasteiger partial charge in [-0.1, -0.05) is 42.5 Å². The van der Waals surface area contributed by atoms with Crippen molar-refractivity contribution in [3.63, 3.8) is 0 Å². The van der Waals surface area contributed by atoms with E-state index in [4.69, 9.17) is 9.47 Å². The van der Waals surface area contributed by atoms with Crippen LogP contribution in [0.25, 0.3) is 22.3 Å². The van der Waals surface area contributed by atoms with Crippen molar-refractivity contribution in [2.45, 2.75) is 6.92 Å². The lowest BCUT2D eigenvalue weighted by molar-refractivity contribution is 0.414. The first kappa shape index (κ1) is 15.2. The molecule has 0 amide bonds. The van der Waals surface area contributed by atoms with E-state index in [-0.39, 0.29) is 0 Å². The third-order valence-electron chi connectivity index (χ3n) is 4.05. The Labute approximate surface area is 137 Å². The minimum Gasteiger partial charge on any atom is -0.497 e. The number of aryl methyl sites for hydroxylation is 1. The number of benzene rings is 3. The van der Waals surface area contributed by atoms with Gasteiger partial charge in [-0.05, 0) is 59.0 Å². The van der Waals surface area contributed by atoms with E-state index < -0.39 is 0 Å². The lowest BCUT2D eigenvalue weighted by Crippen LogP contribution is -1.90. The van der Waals surface area contributed by atoms with Crippen molar-refractivity contribution in [3.8, 4) is 33.8 Å². The van der Waals surface area contributed by atoms with Crippen LogP contribution in [0.2, 0.25) is 0 Å². The average Bonchev–Trinajstić information content (AvgIpc) is 2.62. The van der Waals surface area contributed by atoms with Gasteiger partial charge in [-0.15, -0.1) is 0 Å². The van der Waals surface area contributed by atoms with Gasteiger partial charge in [-0.3, -0.25) is 0 Å². The fourth-order valence-electron chi connectivity index (χ4n) is 2.82. The monoisotopic (exact) mass is 304 g/mol. The highest BCUT2D eigenvalue weighted by molar-refractivity contribution is 5.85. The van der Waals surface area contributed by atoms with E-state index in [0.717, 1.165) is 11.5 Å². The average molecular weight is 304 g/mol. The summed E-state index contributed by atoms with van der Waals surface area (Å²) in [5.74, 6) is 1.74. The largest absolute Gasteiger partial charge is 0.497 e. The molecule has 0 aliphatic rings. The van der Waals surface area contributed by atoms with Crippen molar-refractivity contribution in [3.05, 3.63) is 72.3 Å². The van der Waals surface area contributed by atoms with E-state index in [9.17, 15) is 0 Å². The molecule has 0 fully saturated rings. The summed E-state index contributed by atoms with van der Waals surface area (Å²) in [7, 11) is 3.37. The Bertz CT molecular complexity index is 787. The van der Waals surface area contributed by atoms with Crippen LogP contribution in [0.5, 0.6) is 11.5 Å². The van der Waals surface area contributed by atoms with Gasteiger partial charge < -0.3 is 9.47 Å². The maximum absolute atomic E-state index is 5.26. The Morgan fingerprint density at radius 3 is 1.65 bits per heavy atom. The second-order valence-electron chi connectivity index (χ2n) is 5.45. The standard InChI is InChI=1S/C21H20O2/c1-15-5-4-6-20(16-7-11-18(22-2)12-8-16)21(15)17-9-13-19(23-3)14-10-17/h4-14H,1-3H3. The molecular formula is C21H20O2. The number of methoxy groups -OCH3 is 2. The second kappa shape index (κ2) is 6.57. The van der Waals surface area contributed by atoms with Crippen LogP contribution >= 0.6 is 0 Å². The van der Waals surface area contributed by atoms with E-state index in [0.29, 0.717) is 0 Å². The Morgan fingerprint density at radius 2 is 1.13 bits per heavy atom. The fraction of sp³-hybridized carbons (Fsp3) is 0.143. The number of rotatable bonds is 4. The highest BCUT2D eigenvalue weighted by Gasteiger charge is 2.10. The summed E-state index contributed by atoms with van der Waals surface area (Å²) >= 11 is 0. The Morgan fingerprint density at radius 1 is 0.609 bits per heavy atom. The molecule has 23 heavy (non-hydrogen) atoms. The van der Waals surface area contributed by atoms with E-state index >= 15 is 0 Å². The minimum absolute atomic E-state index is 0.868. The van der Waals surface area contributed by atoms with Crippen LogP contribution in [0.4, 0.5) is 0 Å². The number of hydrogen-bond acceptors (Lipinski definition) is 2. The summed E-state index contributed by atoms with van der Waals surface area (Å²) in [6, 6.07) is 22.8. The third kappa shape index (κ3) is 3.07. The lowest BCUT2D eigenvalue weighted by atomic mass is 9.91. The van der Waals surface area contributed by atoms with Crippen molar-refractivity contribution < 1.29 is 9.47 Å². The van der Waals surface area contributed by atoms with Gasteiger partial charge in [0.05, 0.1) is 14.2 Å². The van der Waals surface area contributed by atoms with Crippen LogP contribution in [-0.2, 0) is 0 Å².